The molecule has 0 fully saturated rings. The summed E-state index contributed by atoms with van der Waals surface area (Å²) in [5.41, 5.74) is 0. The molecule has 0 amide bonds. The average molecular weight is 807 g/mol. The van der Waals surface area contributed by atoms with Gasteiger partial charge >= 0.3 is 17.9 Å². The van der Waals surface area contributed by atoms with E-state index in [0.717, 1.165) is 57.8 Å². The number of hydrogen-bond acceptors (Lipinski definition) is 6. The molecule has 0 spiro atoms. The molecule has 0 aromatic rings. The molecule has 0 rings (SSSR count). The number of hydrogen-bond donors (Lipinski definition) is 0. The van der Waals surface area contributed by atoms with Crippen molar-refractivity contribution in [2.75, 3.05) is 13.2 Å². The number of rotatable bonds is 47. The summed E-state index contributed by atoms with van der Waals surface area (Å²) in [5, 5.41) is 0. The van der Waals surface area contributed by atoms with Crippen molar-refractivity contribution in [1.82, 2.24) is 0 Å². The van der Waals surface area contributed by atoms with E-state index < -0.39 is 6.10 Å². The summed E-state index contributed by atoms with van der Waals surface area (Å²) in [7, 11) is 0. The SMILES string of the molecule is CCCCCCCCCCCCCCCCCCCCCC(=O)OCC(COC(=O)CCCCCCCC)OC(=O)CCCCCCCCCCCCCCCC. The maximum Gasteiger partial charge on any atom is 0.306 e. The highest BCUT2D eigenvalue weighted by molar-refractivity contribution is 5.71. The van der Waals surface area contributed by atoms with Crippen molar-refractivity contribution < 1.29 is 28.6 Å². The maximum atomic E-state index is 12.7. The van der Waals surface area contributed by atoms with E-state index in [4.69, 9.17) is 14.2 Å². The van der Waals surface area contributed by atoms with E-state index in [1.807, 2.05) is 0 Å². The van der Waals surface area contributed by atoms with Crippen molar-refractivity contribution in [3.05, 3.63) is 0 Å². The lowest BCUT2D eigenvalue weighted by atomic mass is 10.0. The molecule has 0 aliphatic carbocycles. The zero-order chi connectivity index (χ0) is 41.5. The maximum absolute atomic E-state index is 12.7. The monoisotopic (exact) mass is 807 g/mol. The molecule has 0 bridgehead atoms. The van der Waals surface area contributed by atoms with E-state index >= 15 is 0 Å². The number of carbonyl (C=O) groups is 3. The summed E-state index contributed by atoms with van der Waals surface area (Å²) in [4.78, 5) is 37.7. The molecule has 0 saturated heterocycles. The van der Waals surface area contributed by atoms with Crippen LogP contribution in [0.5, 0.6) is 0 Å². The minimum absolute atomic E-state index is 0.0628. The third kappa shape index (κ3) is 45.3. The van der Waals surface area contributed by atoms with E-state index in [0.29, 0.717) is 19.3 Å². The molecule has 1 unspecified atom stereocenters. The molecule has 0 aromatic carbocycles. The Kier molecular flexibility index (Phi) is 45.8. The van der Waals surface area contributed by atoms with Crippen molar-refractivity contribution in [1.29, 1.82) is 0 Å². The Labute approximate surface area is 355 Å². The van der Waals surface area contributed by atoms with Crippen LogP contribution in [0.4, 0.5) is 0 Å². The summed E-state index contributed by atoms with van der Waals surface area (Å²) in [6, 6.07) is 0. The zero-order valence-electron chi connectivity index (χ0n) is 38.6. The lowest BCUT2D eigenvalue weighted by Gasteiger charge is -2.18. The lowest BCUT2D eigenvalue weighted by molar-refractivity contribution is -0.167. The quantitative estimate of drug-likeness (QED) is 0.0346. The van der Waals surface area contributed by atoms with Crippen LogP contribution in [-0.4, -0.2) is 37.2 Å². The third-order valence-corrected chi connectivity index (χ3v) is 11.6. The Morgan fingerprint density at radius 2 is 0.474 bits per heavy atom. The minimum Gasteiger partial charge on any atom is -0.462 e. The lowest BCUT2D eigenvalue weighted by Crippen LogP contribution is -2.30. The molecule has 0 heterocycles. The molecule has 57 heavy (non-hydrogen) atoms. The number of unbranched alkanes of at least 4 members (excludes halogenated alkanes) is 36. The first-order chi connectivity index (χ1) is 28.0. The van der Waals surface area contributed by atoms with Crippen molar-refractivity contribution in [2.24, 2.45) is 0 Å². The van der Waals surface area contributed by atoms with Crippen LogP contribution in [0.15, 0.2) is 0 Å². The fraction of sp³-hybridized carbons (Fsp3) is 0.941. The summed E-state index contributed by atoms with van der Waals surface area (Å²) >= 11 is 0. The van der Waals surface area contributed by atoms with Crippen LogP contribution in [0.2, 0.25) is 0 Å². The van der Waals surface area contributed by atoms with Crippen molar-refractivity contribution in [3.8, 4) is 0 Å². The van der Waals surface area contributed by atoms with Crippen molar-refractivity contribution in [2.45, 2.75) is 297 Å². The first kappa shape index (κ1) is 55.4. The normalized spacial score (nSPS) is 11.8. The Morgan fingerprint density at radius 1 is 0.281 bits per heavy atom. The standard InChI is InChI=1S/C51H98O6/c1-4-7-10-13-16-18-20-22-24-25-26-27-28-30-31-33-35-38-41-44-50(53)56-47-48(46-55-49(52)43-40-37-15-12-9-6-3)57-51(54)45-42-39-36-34-32-29-23-21-19-17-14-11-8-5-2/h48H,4-47H2,1-3H3. The van der Waals surface area contributed by atoms with Gasteiger partial charge in [0.25, 0.3) is 0 Å². The molecule has 6 heteroatoms. The van der Waals surface area contributed by atoms with Gasteiger partial charge in [-0.05, 0) is 19.3 Å². The predicted molar refractivity (Wildman–Crippen MR) is 243 cm³/mol. The number of carbonyl (C=O) groups excluding carboxylic acids is 3. The van der Waals surface area contributed by atoms with Gasteiger partial charge in [0, 0.05) is 19.3 Å². The zero-order valence-corrected chi connectivity index (χ0v) is 38.6. The van der Waals surface area contributed by atoms with Gasteiger partial charge < -0.3 is 14.2 Å². The molecule has 0 aromatic heterocycles. The fourth-order valence-corrected chi connectivity index (χ4v) is 7.74. The molecule has 0 aliphatic rings. The molecular weight excluding hydrogens is 709 g/mol. The van der Waals surface area contributed by atoms with Crippen molar-refractivity contribution >= 4 is 17.9 Å². The molecule has 6 nitrogen and oxygen atoms in total. The van der Waals surface area contributed by atoms with Crippen LogP contribution < -0.4 is 0 Å². The predicted octanol–water partition coefficient (Wildman–Crippen LogP) is 16.4. The number of esters is 3. The van der Waals surface area contributed by atoms with Crippen molar-refractivity contribution in [3.63, 3.8) is 0 Å². The highest BCUT2D eigenvalue weighted by Crippen LogP contribution is 2.17. The minimum atomic E-state index is -0.758. The largest absolute Gasteiger partial charge is 0.462 e. The smallest absolute Gasteiger partial charge is 0.306 e. The average Bonchev–Trinajstić information content (AvgIpc) is 3.21. The van der Waals surface area contributed by atoms with Gasteiger partial charge in [0.05, 0.1) is 0 Å². The second-order valence-electron chi connectivity index (χ2n) is 17.5. The Balaban J connectivity index is 4.13. The molecule has 0 aliphatic heterocycles. The highest BCUT2D eigenvalue weighted by atomic mass is 16.6. The molecule has 0 N–H and O–H groups in total. The van der Waals surface area contributed by atoms with Gasteiger partial charge in [-0.15, -0.1) is 0 Å². The van der Waals surface area contributed by atoms with Gasteiger partial charge in [0.15, 0.2) is 6.10 Å². The van der Waals surface area contributed by atoms with Gasteiger partial charge in [0.1, 0.15) is 13.2 Å². The van der Waals surface area contributed by atoms with Crippen LogP contribution in [0, 0.1) is 0 Å². The first-order valence-electron chi connectivity index (χ1n) is 25.5. The second-order valence-corrected chi connectivity index (χ2v) is 17.5. The summed E-state index contributed by atoms with van der Waals surface area (Å²) < 4.78 is 16.7. The molecule has 0 radical (unpaired) electrons. The molecule has 338 valence electrons. The second kappa shape index (κ2) is 47.1. The van der Waals surface area contributed by atoms with E-state index in [2.05, 4.69) is 20.8 Å². The van der Waals surface area contributed by atoms with Crippen LogP contribution in [0.25, 0.3) is 0 Å². The Morgan fingerprint density at radius 3 is 0.702 bits per heavy atom. The summed E-state index contributed by atoms with van der Waals surface area (Å²) in [6.45, 7) is 6.62. The molecule has 0 saturated carbocycles. The highest BCUT2D eigenvalue weighted by Gasteiger charge is 2.19. The first-order valence-corrected chi connectivity index (χ1v) is 25.5. The van der Waals surface area contributed by atoms with E-state index in [-0.39, 0.29) is 31.1 Å². The molecular formula is C51H98O6. The van der Waals surface area contributed by atoms with Crippen LogP contribution in [-0.2, 0) is 28.6 Å². The summed E-state index contributed by atoms with van der Waals surface area (Å²) in [5.74, 6) is -0.854. The van der Waals surface area contributed by atoms with Crippen LogP contribution in [0.1, 0.15) is 290 Å². The van der Waals surface area contributed by atoms with Gasteiger partial charge in [-0.2, -0.15) is 0 Å². The topological polar surface area (TPSA) is 78.9 Å². The van der Waals surface area contributed by atoms with Gasteiger partial charge in [-0.1, -0.05) is 252 Å². The van der Waals surface area contributed by atoms with Crippen LogP contribution in [0.3, 0.4) is 0 Å². The Bertz CT molecular complexity index is 844. The van der Waals surface area contributed by atoms with Gasteiger partial charge in [-0.25, -0.2) is 0 Å². The van der Waals surface area contributed by atoms with Gasteiger partial charge in [-0.3, -0.25) is 14.4 Å². The van der Waals surface area contributed by atoms with Gasteiger partial charge in [0.2, 0.25) is 0 Å². The summed E-state index contributed by atoms with van der Waals surface area (Å²) in [6.07, 6.45) is 49.7. The number of ether oxygens (including phenoxy) is 3. The fourth-order valence-electron chi connectivity index (χ4n) is 7.74. The van der Waals surface area contributed by atoms with Crippen LogP contribution >= 0.6 is 0 Å². The molecule has 1 atom stereocenters. The third-order valence-electron chi connectivity index (χ3n) is 11.6. The van der Waals surface area contributed by atoms with E-state index in [1.165, 1.54) is 193 Å². The Hall–Kier alpha value is -1.59. The van der Waals surface area contributed by atoms with E-state index in [1.54, 1.807) is 0 Å². The van der Waals surface area contributed by atoms with E-state index in [9.17, 15) is 14.4 Å².